The van der Waals surface area contributed by atoms with Crippen molar-refractivity contribution in [1.29, 1.82) is 0 Å². The van der Waals surface area contributed by atoms with Crippen LogP contribution in [0.2, 0.25) is 0 Å². The lowest BCUT2D eigenvalue weighted by atomic mass is 9.98. The highest BCUT2D eigenvalue weighted by molar-refractivity contribution is 9.10. The maximum absolute atomic E-state index is 10.2. The number of aryl methyl sites for hydroxylation is 1. The summed E-state index contributed by atoms with van der Waals surface area (Å²) in [4.78, 5) is 9.15. The number of oxazole rings is 1. The second kappa shape index (κ2) is 8.44. The van der Waals surface area contributed by atoms with E-state index in [9.17, 15) is 5.11 Å². The Kier molecular flexibility index (Phi) is 5.73. The van der Waals surface area contributed by atoms with Gasteiger partial charge in [-0.2, -0.15) is 0 Å². The second-order valence-electron chi connectivity index (χ2n) is 7.52. The predicted molar refractivity (Wildman–Crippen MR) is 126 cm³/mol. The normalized spacial score (nSPS) is 12.7. The first-order valence-electron chi connectivity index (χ1n) is 9.98. The number of benzene rings is 3. The number of aromatic hydroxyl groups is 1. The van der Waals surface area contributed by atoms with E-state index < -0.39 is 0 Å². The molecule has 4 rings (SSSR count). The number of phenols is 1. The number of rotatable bonds is 5. The molecule has 0 saturated heterocycles. The standard InChI is InChI=1S/C25H23BrN2O2/c1-4-15(2)18-7-10-23-22(13-18)28-25(30-23)17-5-8-21(9-6-17)27-14-19-12-20(26)11-16(3)24(19)29/h5-15,29H,4H2,1-3H3/t15-/m1/s1. The van der Waals surface area contributed by atoms with Crippen LogP contribution < -0.4 is 0 Å². The summed E-state index contributed by atoms with van der Waals surface area (Å²) in [7, 11) is 0. The molecular formula is C25H23BrN2O2. The maximum Gasteiger partial charge on any atom is 0.227 e. The predicted octanol–water partition coefficient (Wildman–Crippen LogP) is 7.54. The van der Waals surface area contributed by atoms with Crippen molar-refractivity contribution < 1.29 is 9.52 Å². The van der Waals surface area contributed by atoms with Gasteiger partial charge in [0.15, 0.2) is 5.58 Å². The van der Waals surface area contributed by atoms with Gasteiger partial charge in [-0.05, 0) is 78.9 Å². The second-order valence-corrected chi connectivity index (χ2v) is 8.44. The average Bonchev–Trinajstić information content (AvgIpc) is 3.18. The van der Waals surface area contributed by atoms with Crippen LogP contribution in [0.25, 0.3) is 22.6 Å². The average molecular weight is 463 g/mol. The summed E-state index contributed by atoms with van der Waals surface area (Å²) in [6.45, 7) is 6.27. The van der Waals surface area contributed by atoms with Crippen molar-refractivity contribution in [2.45, 2.75) is 33.1 Å². The third-order valence-electron chi connectivity index (χ3n) is 5.35. The number of nitrogens with zero attached hydrogens (tertiary/aromatic N) is 2. The van der Waals surface area contributed by atoms with E-state index >= 15 is 0 Å². The van der Waals surface area contributed by atoms with E-state index in [1.807, 2.05) is 49.4 Å². The minimum Gasteiger partial charge on any atom is -0.507 e. The molecule has 0 radical (unpaired) electrons. The lowest BCUT2D eigenvalue weighted by molar-refractivity contribution is 0.470. The molecule has 0 spiro atoms. The van der Waals surface area contributed by atoms with E-state index in [0.29, 0.717) is 17.4 Å². The zero-order chi connectivity index (χ0) is 21.3. The molecule has 1 heterocycles. The van der Waals surface area contributed by atoms with Crippen molar-refractivity contribution in [3.05, 3.63) is 75.8 Å². The van der Waals surface area contributed by atoms with E-state index in [1.165, 1.54) is 5.56 Å². The monoisotopic (exact) mass is 462 g/mol. The van der Waals surface area contributed by atoms with Crippen molar-refractivity contribution in [3.8, 4) is 17.2 Å². The summed E-state index contributed by atoms with van der Waals surface area (Å²) in [5.74, 6) is 1.34. The summed E-state index contributed by atoms with van der Waals surface area (Å²) in [5, 5.41) is 10.2. The van der Waals surface area contributed by atoms with Gasteiger partial charge in [0.1, 0.15) is 11.3 Å². The van der Waals surface area contributed by atoms with Gasteiger partial charge in [-0.1, -0.05) is 35.8 Å². The van der Waals surface area contributed by atoms with Crippen molar-refractivity contribution in [1.82, 2.24) is 4.98 Å². The topological polar surface area (TPSA) is 58.6 Å². The van der Waals surface area contributed by atoms with E-state index in [2.05, 4.69) is 51.9 Å². The Bertz CT molecular complexity index is 1230. The molecular weight excluding hydrogens is 440 g/mol. The van der Waals surface area contributed by atoms with Crippen LogP contribution in [0.15, 0.2) is 68.5 Å². The smallest absolute Gasteiger partial charge is 0.227 e. The molecule has 30 heavy (non-hydrogen) atoms. The Morgan fingerprint density at radius 1 is 1.13 bits per heavy atom. The molecule has 4 nitrogen and oxygen atoms in total. The van der Waals surface area contributed by atoms with Crippen LogP contribution in [0.3, 0.4) is 0 Å². The summed E-state index contributed by atoms with van der Waals surface area (Å²) >= 11 is 3.45. The Labute approximate surface area is 184 Å². The van der Waals surface area contributed by atoms with Gasteiger partial charge in [0.05, 0.1) is 5.69 Å². The fraction of sp³-hybridized carbons (Fsp3) is 0.200. The molecule has 0 aliphatic rings. The first kappa shape index (κ1) is 20.4. The summed E-state index contributed by atoms with van der Waals surface area (Å²) < 4.78 is 6.85. The Hall–Kier alpha value is -2.92. The van der Waals surface area contributed by atoms with Gasteiger partial charge >= 0.3 is 0 Å². The molecule has 0 aliphatic heterocycles. The van der Waals surface area contributed by atoms with E-state index in [1.54, 1.807) is 6.21 Å². The van der Waals surface area contributed by atoms with Crippen LogP contribution >= 0.6 is 15.9 Å². The fourth-order valence-electron chi connectivity index (χ4n) is 3.30. The first-order chi connectivity index (χ1) is 14.4. The molecule has 1 aromatic heterocycles. The molecule has 0 saturated carbocycles. The third kappa shape index (κ3) is 4.17. The van der Waals surface area contributed by atoms with Crippen LogP contribution in [0, 0.1) is 6.92 Å². The molecule has 1 N–H and O–H groups in total. The zero-order valence-electron chi connectivity index (χ0n) is 17.2. The molecule has 152 valence electrons. The highest BCUT2D eigenvalue weighted by Crippen LogP contribution is 2.29. The summed E-state index contributed by atoms with van der Waals surface area (Å²) in [6, 6.07) is 17.6. The van der Waals surface area contributed by atoms with Crippen molar-refractivity contribution >= 4 is 38.9 Å². The molecule has 0 fully saturated rings. The maximum atomic E-state index is 10.2. The van der Waals surface area contributed by atoms with Crippen molar-refractivity contribution in [3.63, 3.8) is 0 Å². The molecule has 3 aromatic carbocycles. The molecule has 0 amide bonds. The lowest BCUT2D eigenvalue weighted by Crippen LogP contribution is -1.90. The van der Waals surface area contributed by atoms with Gasteiger partial charge in [-0.25, -0.2) is 4.98 Å². The highest BCUT2D eigenvalue weighted by atomic mass is 79.9. The van der Waals surface area contributed by atoms with Crippen LogP contribution in [0.5, 0.6) is 5.75 Å². The highest BCUT2D eigenvalue weighted by Gasteiger charge is 2.11. The van der Waals surface area contributed by atoms with Crippen molar-refractivity contribution in [2.24, 2.45) is 4.99 Å². The minimum atomic E-state index is 0.238. The minimum absolute atomic E-state index is 0.238. The number of aliphatic imine (C=N–C) groups is 1. The number of hydrogen-bond acceptors (Lipinski definition) is 4. The molecule has 1 atom stereocenters. The van der Waals surface area contributed by atoms with Gasteiger partial charge in [-0.15, -0.1) is 0 Å². The third-order valence-corrected chi connectivity index (χ3v) is 5.81. The van der Waals surface area contributed by atoms with Gasteiger partial charge < -0.3 is 9.52 Å². The number of hydrogen-bond donors (Lipinski definition) is 1. The lowest BCUT2D eigenvalue weighted by Gasteiger charge is -2.07. The van der Waals surface area contributed by atoms with Gasteiger partial charge in [0.25, 0.3) is 0 Å². The summed E-state index contributed by atoms with van der Waals surface area (Å²) in [5.41, 5.74) is 6.10. The van der Waals surface area contributed by atoms with Crippen LogP contribution in [0.1, 0.15) is 42.9 Å². The SMILES string of the molecule is CC[C@@H](C)c1ccc2oc(-c3ccc(N=Cc4cc(Br)cc(C)c4O)cc3)nc2c1. The Morgan fingerprint density at radius 2 is 1.90 bits per heavy atom. The van der Waals surface area contributed by atoms with E-state index in [4.69, 9.17) is 4.42 Å². The van der Waals surface area contributed by atoms with Gasteiger partial charge in [-0.3, -0.25) is 4.99 Å². The van der Waals surface area contributed by atoms with Crippen LogP contribution in [-0.4, -0.2) is 16.3 Å². The molecule has 0 unspecified atom stereocenters. The number of halogens is 1. The Morgan fingerprint density at radius 3 is 2.63 bits per heavy atom. The summed E-state index contributed by atoms with van der Waals surface area (Å²) in [6.07, 6.45) is 2.76. The molecule has 5 heteroatoms. The first-order valence-corrected chi connectivity index (χ1v) is 10.8. The van der Waals surface area contributed by atoms with E-state index in [0.717, 1.165) is 38.8 Å². The van der Waals surface area contributed by atoms with E-state index in [-0.39, 0.29) is 5.75 Å². The number of fused-ring (bicyclic) bond motifs is 1. The van der Waals surface area contributed by atoms with Gasteiger partial charge in [0, 0.05) is 21.8 Å². The van der Waals surface area contributed by atoms with Crippen LogP contribution in [0.4, 0.5) is 5.69 Å². The molecule has 4 aromatic rings. The zero-order valence-corrected chi connectivity index (χ0v) is 18.8. The number of phenolic OH excluding ortho intramolecular Hbond substituents is 1. The number of aromatic nitrogens is 1. The molecule has 0 aliphatic carbocycles. The van der Waals surface area contributed by atoms with Crippen LogP contribution in [-0.2, 0) is 0 Å². The quantitative estimate of drug-likeness (QED) is 0.311. The Balaban J connectivity index is 1.58. The fourth-order valence-corrected chi connectivity index (χ4v) is 3.89. The molecule has 0 bridgehead atoms. The largest absolute Gasteiger partial charge is 0.507 e. The van der Waals surface area contributed by atoms with Crippen molar-refractivity contribution in [2.75, 3.05) is 0 Å². The van der Waals surface area contributed by atoms with Gasteiger partial charge in [0.2, 0.25) is 5.89 Å².